The molecule has 174 valence electrons. The van der Waals surface area contributed by atoms with E-state index in [2.05, 4.69) is 10.6 Å². The molecule has 2 heterocycles. The summed E-state index contributed by atoms with van der Waals surface area (Å²) in [5, 5.41) is 5.78. The Kier molecular flexibility index (Phi) is 6.52. The normalized spacial score (nSPS) is 22.3. The summed E-state index contributed by atoms with van der Waals surface area (Å²) in [4.78, 5) is 41.6. The van der Waals surface area contributed by atoms with Crippen LogP contribution in [-0.2, 0) is 16.1 Å². The molecule has 33 heavy (non-hydrogen) atoms. The van der Waals surface area contributed by atoms with Crippen molar-refractivity contribution >= 4 is 29.5 Å². The molecule has 3 amide bonds. The number of carbonyl (C=O) groups is 3. The highest BCUT2D eigenvalue weighted by atomic mass is 32.2. The lowest BCUT2D eigenvalue weighted by Crippen LogP contribution is -2.58. The van der Waals surface area contributed by atoms with Gasteiger partial charge in [0.1, 0.15) is 17.5 Å². The monoisotopic (exact) mass is 465 g/mol. The third kappa shape index (κ3) is 4.38. The first-order valence-corrected chi connectivity index (χ1v) is 12.3. The lowest BCUT2D eigenvalue weighted by molar-refractivity contribution is -0.133. The predicted molar refractivity (Wildman–Crippen MR) is 130 cm³/mol. The molecule has 4 atom stereocenters. The molecule has 2 N–H and O–H groups in total. The van der Waals surface area contributed by atoms with Crippen molar-refractivity contribution in [3.63, 3.8) is 0 Å². The van der Waals surface area contributed by atoms with Crippen molar-refractivity contribution in [2.75, 3.05) is 0 Å². The Morgan fingerprint density at radius 1 is 1.09 bits per heavy atom. The van der Waals surface area contributed by atoms with Crippen LogP contribution in [0.3, 0.4) is 0 Å². The van der Waals surface area contributed by atoms with Crippen LogP contribution in [0, 0.1) is 5.92 Å². The average Bonchev–Trinajstić information content (AvgIpc) is 3.24. The summed E-state index contributed by atoms with van der Waals surface area (Å²) in [6.07, 6.45) is 0.739. The SMILES string of the molecule is CC[C@@H](C)[C@H](NC(=O)[C@H]1N2C(=O)c3ccccc3[C@H]2SC1(C)C)C(=O)NCc1ccccc1. The van der Waals surface area contributed by atoms with E-state index in [0.29, 0.717) is 12.1 Å². The van der Waals surface area contributed by atoms with Crippen LogP contribution in [-0.4, -0.2) is 39.5 Å². The molecule has 2 aliphatic rings. The third-order valence-electron chi connectivity index (χ3n) is 6.65. The summed E-state index contributed by atoms with van der Waals surface area (Å²) in [5.41, 5.74) is 2.61. The lowest BCUT2D eigenvalue weighted by Gasteiger charge is -2.32. The minimum Gasteiger partial charge on any atom is -0.350 e. The summed E-state index contributed by atoms with van der Waals surface area (Å²) in [7, 11) is 0. The largest absolute Gasteiger partial charge is 0.350 e. The van der Waals surface area contributed by atoms with Gasteiger partial charge in [0.15, 0.2) is 0 Å². The Morgan fingerprint density at radius 2 is 1.76 bits per heavy atom. The zero-order chi connectivity index (χ0) is 23.8. The van der Waals surface area contributed by atoms with Crippen molar-refractivity contribution in [3.8, 4) is 0 Å². The van der Waals surface area contributed by atoms with Gasteiger partial charge in [0.2, 0.25) is 11.8 Å². The van der Waals surface area contributed by atoms with Crippen molar-refractivity contribution in [3.05, 3.63) is 71.3 Å². The van der Waals surface area contributed by atoms with Gasteiger partial charge in [0, 0.05) is 16.9 Å². The maximum Gasteiger partial charge on any atom is 0.256 e. The van der Waals surface area contributed by atoms with Gasteiger partial charge < -0.3 is 15.5 Å². The van der Waals surface area contributed by atoms with Gasteiger partial charge >= 0.3 is 0 Å². The zero-order valence-electron chi connectivity index (χ0n) is 19.5. The summed E-state index contributed by atoms with van der Waals surface area (Å²) in [5.74, 6) is -0.666. The first kappa shape index (κ1) is 23.4. The van der Waals surface area contributed by atoms with Crippen molar-refractivity contribution < 1.29 is 14.4 Å². The number of hydrogen-bond acceptors (Lipinski definition) is 4. The maximum atomic E-state index is 13.6. The van der Waals surface area contributed by atoms with Crippen molar-refractivity contribution in [2.24, 2.45) is 5.92 Å². The Labute approximate surface area is 199 Å². The van der Waals surface area contributed by atoms with Gasteiger partial charge in [-0.1, -0.05) is 68.8 Å². The molecule has 7 heteroatoms. The van der Waals surface area contributed by atoms with Crippen LogP contribution in [0.1, 0.15) is 61.0 Å². The molecule has 0 spiro atoms. The standard InChI is InChI=1S/C26H31N3O3S/c1-5-16(2)20(22(30)27-15-17-11-7-6-8-12-17)28-23(31)21-26(3,4)33-25-19-14-10-9-13-18(19)24(32)29(21)25/h6-14,16,20-21,25H,5,15H2,1-4H3,(H,27,30)(H,28,31)/t16-,20+,21-,25-/m1/s1. The molecular formula is C26H31N3O3S. The van der Waals surface area contributed by atoms with E-state index in [1.54, 1.807) is 16.7 Å². The Morgan fingerprint density at radius 3 is 2.45 bits per heavy atom. The second kappa shape index (κ2) is 9.21. The number of hydrogen-bond donors (Lipinski definition) is 2. The summed E-state index contributed by atoms with van der Waals surface area (Å²) >= 11 is 1.62. The summed E-state index contributed by atoms with van der Waals surface area (Å²) in [6.45, 7) is 8.34. The minimum absolute atomic E-state index is 0.0517. The van der Waals surface area contributed by atoms with E-state index in [1.807, 2.05) is 82.3 Å². The van der Waals surface area contributed by atoms with Gasteiger partial charge in [-0.2, -0.15) is 0 Å². The van der Waals surface area contributed by atoms with Crippen LogP contribution in [0.5, 0.6) is 0 Å². The van der Waals surface area contributed by atoms with E-state index in [-0.39, 0.29) is 29.0 Å². The molecular weight excluding hydrogens is 434 g/mol. The number of amides is 3. The number of nitrogens with one attached hydrogen (secondary N) is 2. The molecule has 0 bridgehead atoms. The molecule has 6 nitrogen and oxygen atoms in total. The van der Waals surface area contributed by atoms with E-state index in [4.69, 9.17) is 0 Å². The number of rotatable bonds is 7. The Balaban J connectivity index is 1.53. The van der Waals surface area contributed by atoms with Gasteiger partial charge in [0.25, 0.3) is 5.91 Å². The highest BCUT2D eigenvalue weighted by molar-refractivity contribution is 8.01. The van der Waals surface area contributed by atoms with Crippen LogP contribution < -0.4 is 10.6 Å². The van der Waals surface area contributed by atoms with E-state index in [9.17, 15) is 14.4 Å². The minimum atomic E-state index is -0.675. The highest BCUT2D eigenvalue weighted by Crippen LogP contribution is 2.56. The van der Waals surface area contributed by atoms with Crippen LogP contribution in [0.25, 0.3) is 0 Å². The lowest BCUT2D eigenvalue weighted by atomic mass is 9.95. The van der Waals surface area contributed by atoms with Gasteiger partial charge in [-0.3, -0.25) is 14.4 Å². The topological polar surface area (TPSA) is 78.5 Å². The molecule has 2 aliphatic heterocycles. The van der Waals surface area contributed by atoms with Crippen LogP contribution in [0.15, 0.2) is 54.6 Å². The smallest absolute Gasteiger partial charge is 0.256 e. The fraction of sp³-hybridized carbons (Fsp3) is 0.423. The molecule has 0 aliphatic carbocycles. The van der Waals surface area contributed by atoms with Gasteiger partial charge in [-0.25, -0.2) is 0 Å². The van der Waals surface area contributed by atoms with Crippen molar-refractivity contribution in [1.29, 1.82) is 0 Å². The van der Waals surface area contributed by atoms with Crippen LogP contribution >= 0.6 is 11.8 Å². The van der Waals surface area contributed by atoms with E-state index >= 15 is 0 Å². The number of fused-ring (bicyclic) bond motifs is 3. The van der Waals surface area contributed by atoms with Gasteiger partial charge in [-0.05, 0) is 37.0 Å². The second-order valence-corrected chi connectivity index (χ2v) is 11.1. The van der Waals surface area contributed by atoms with Crippen LogP contribution in [0.4, 0.5) is 0 Å². The quantitative estimate of drug-likeness (QED) is 0.651. The number of thioether (sulfide) groups is 1. The van der Waals surface area contributed by atoms with Gasteiger partial charge in [-0.15, -0.1) is 11.8 Å². The summed E-state index contributed by atoms with van der Waals surface area (Å²) < 4.78 is -0.488. The zero-order valence-corrected chi connectivity index (χ0v) is 20.3. The van der Waals surface area contributed by atoms with E-state index in [1.165, 1.54) is 0 Å². The third-order valence-corrected chi connectivity index (χ3v) is 8.18. The predicted octanol–water partition coefficient (Wildman–Crippen LogP) is 3.88. The van der Waals surface area contributed by atoms with Crippen molar-refractivity contribution in [1.82, 2.24) is 15.5 Å². The second-order valence-electron chi connectivity index (χ2n) is 9.35. The molecule has 2 aromatic carbocycles. The first-order valence-electron chi connectivity index (χ1n) is 11.5. The van der Waals surface area contributed by atoms with Crippen LogP contribution in [0.2, 0.25) is 0 Å². The Hall–Kier alpha value is -2.80. The molecule has 0 saturated carbocycles. The number of benzene rings is 2. The molecule has 0 radical (unpaired) electrons. The molecule has 1 saturated heterocycles. The number of nitrogens with zero attached hydrogens (tertiary/aromatic N) is 1. The van der Waals surface area contributed by atoms with E-state index in [0.717, 1.165) is 17.5 Å². The first-order chi connectivity index (χ1) is 15.7. The molecule has 0 aromatic heterocycles. The van der Waals surface area contributed by atoms with Crippen molar-refractivity contribution in [2.45, 2.75) is 62.9 Å². The maximum absolute atomic E-state index is 13.6. The molecule has 4 rings (SSSR count). The fourth-order valence-corrected chi connectivity index (χ4v) is 6.22. The Bertz CT molecular complexity index is 1060. The average molecular weight is 466 g/mol. The molecule has 2 aromatic rings. The molecule has 1 fully saturated rings. The number of carbonyl (C=O) groups excluding carboxylic acids is 3. The summed E-state index contributed by atoms with van der Waals surface area (Å²) in [6, 6.07) is 15.9. The highest BCUT2D eigenvalue weighted by Gasteiger charge is 2.57. The fourth-order valence-electron chi connectivity index (χ4n) is 4.63. The van der Waals surface area contributed by atoms with E-state index < -0.39 is 16.8 Å². The van der Waals surface area contributed by atoms with Gasteiger partial charge in [0.05, 0.1) is 0 Å². The molecule has 0 unspecified atom stereocenters.